The number of nitrogens with zero attached hydrogens (tertiary/aromatic N) is 2. The van der Waals surface area contributed by atoms with Crippen LogP contribution in [0.4, 0.5) is 0 Å². The Morgan fingerprint density at radius 2 is 1.75 bits per heavy atom. The van der Waals surface area contributed by atoms with Crippen LogP contribution in [0, 0.1) is 17.8 Å². The van der Waals surface area contributed by atoms with E-state index in [0.29, 0.717) is 17.8 Å². The molecule has 1 aromatic heterocycles. The van der Waals surface area contributed by atoms with E-state index in [2.05, 4.69) is 70.2 Å². The van der Waals surface area contributed by atoms with Gasteiger partial charge in [0.25, 0.3) is 0 Å². The second-order valence-electron chi connectivity index (χ2n) is 10.6. The second-order valence-corrected chi connectivity index (χ2v) is 10.6. The standard InChI is InChI=1S/C28H32N2O2/c1-17(2)28(18(3)4)23-14-16-27(26(23)30-32-28)15-8-13-22-24(31-29-25(22)27)21-12-7-10-19-9-5-6-11-20(19)21/h5-7,9-12,17-18,23H,8,13-16H2,1-4H3/t23-,27+/m0/s1. The van der Waals surface area contributed by atoms with Gasteiger partial charge >= 0.3 is 0 Å². The van der Waals surface area contributed by atoms with E-state index in [0.717, 1.165) is 49.1 Å². The molecule has 4 nitrogen and oxygen atoms in total. The topological polar surface area (TPSA) is 47.6 Å². The summed E-state index contributed by atoms with van der Waals surface area (Å²) in [6, 6.07) is 15.0. The first-order valence-corrected chi connectivity index (χ1v) is 12.2. The molecule has 0 saturated heterocycles. The lowest BCUT2D eigenvalue weighted by atomic mass is 9.66. The van der Waals surface area contributed by atoms with Crippen molar-refractivity contribution in [2.24, 2.45) is 22.9 Å². The molecule has 6 rings (SSSR count). The number of hydrogen-bond donors (Lipinski definition) is 0. The fourth-order valence-corrected chi connectivity index (χ4v) is 7.18. The molecule has 1 saturated carbocycles. The smallest absolute Gasteiger partial charge is 0.170 e. The highest BCUT2D eigenvalue weighted by Gasteiger charge is 2.63. The van der Waals surface area contributed by atoms with Crippen LogP contribution < -0.4 is 0 Å². The lowest BCUT2D eigenvalue weighted by Gasteiger charge is -2.39. The van der Waals surface area contributed by atoms with Crippen LogP contribution in [0.2, 0.25) is 0 Å². The SMILES string of the molecule is CC(C)C1(C(C)C)ON=C2[C@@H]1CC[C@@]21CCCc2c1noc2-c1cccc2ccccc12. The summed E-state index contributed by atoms with van der Waals surface area (Å²) in [5, 5.41) is 12.0. The molecule has 0 bridgehead atoms. The molecule has 32 heavy (non-hydrogen) atoms. The van der Waals surface area contributed by atoms with Crippen LogP contribution in [-0.4, -0.2) is 16.5 Å². The second kappa shape index (κ2) is 6.94. The van der Waals surface area contributed by atoms with Crippen LogP contribution in [-0.2, 0) is 16.7 Å². The molecule has 2 aromatic carbocycles. The van der Waals surface area contributed by atoms with Crippen molar-refractivity contribution in [2.45, 2.75) is 70.8 Å². The highest BCUT2D eigenvalue weighted by molar-refractivity contribution is 6.01. The summed E-state index contributed by atoms with van der Waals surface area (Å²) in [5.74, 6) is 2.13. The summed E-state index contributed by atoms with van der Waals surface area (Å²) in [5.41, 5.74) is 4.45. The van der Waals surface area contributed by atoms with Crippen LogP contribution >= 0.6 is 0 Å². The summed E-state index contributed by atoms with van der Waals surface area (Å²) >= 11 is 0. The van der Waals surface area contributed by atoms with Gasteiger partial charge in [0.2, 0.25) is 0 Å². The highest BCUT2D eigenvalue weighted by atomic mass is 16.7. The number of fused-ring (bicyclic) bond motifs is 5. The molecule has 4 heteroatoms. The van der Waals surface area contributed by atoms with Gasteiger partial charge in [-0.05, 0) is 54.7 Å². The van der Waals surface area contributed by atoms with Crippen LogP contribution in [0.5, 0.6) is 0 Å². The first-order valence-electron chi connectivity index (χ1n) is 12.2. The minimum Gasteiger partial charge on any atom is -0.388 e. The van der Waals surface area contributed by atoms with E-state index >= 15 is 0 Å². The molecule has 1 aliphatic heterocycles. The van der Waals surface area contributed by atoms with Crippen molar-refractivity contribution in [1.82, 2.24) is 5.16 Å². The molecule has 3 aliphatic rings. The van der Waals surface area contributed by atoms with Gasteiger partial charge in [0.05, 0.1) is 16.8 Å². The fraction of sp³-hybridized carbons (Fsp3) is 0.500. The van der Waals surface area contributed by atoms with Crippen LogP contribution in [0.1, 0.15) is 64.6 Å². The Bertz CT molecular complexity index is 1210. The summed E-state index contributed by atoms with van der Waals surface area (Å²) in [7, 11) is 0. The number of aromatic nitrogens is 1. The van der Waals surface area contributed by atoms with Gasteiger partial charge in [-0.15, -0.1) is 0 Å². The van der Waals surface area contributed by atoms with Crippen LogP contribution in [0.25, 0.3) is 22.1 Å². The van der Waals surface area contributed by atoms with E-state index in [1.54, 1.807) is 0 Å². The number of benzene rings is 2. The monoisotopic (exact) mass is 428 g/mol. The average molecular weight is 429 g/mol. The maximum Gasteiger partial charge on any atom is 0.170 e. The molecular weight excluding hydrogens is 396 g/mol. The molecule has 1 fully saturated rings. The van der Waals surface area contributed by atoms with E-state index in [1.807, 2.05) is 0 Å². The summed E-state index contributed by atoms with van der Waals surface area (Å²) in [4.78, 5) is 6.35. The summed E-state index contributed by atoms with van der Waals surface area (Å²) < 4.78 is 6.15. The Balaban J connectivity index is 1.47. The zero-order valence-corrected chi connectivity index (χ0v) is 19.5. The summed E-state index contributed by atoms with van der Waals surface area (Å²) in [6.07, 6.45) is 5.44. The molecule has 166 valence electrons. The predicted molar refractivity (Wildman–Crippen MR) is 128 cm³/mol. The normalized spacial score (nSPS) is 25.9. The van der Waals surface area contributed by atoms with Crippen molar-refractivity contribution < 1.29 is 9.36 Å². The number of rotatable bonds is 3. The molecule has 0 amide bonds. The molecule has 0 unspecified atom stereocenters. The van der Waals surface area contributed by atoms with Gasteiger partial charge < -0.3 is 9.36 Å². The first kappa shape index (κ1) is 20.0. The van der Waals surface area contributed by atoms with E-state index in [9.17, 15) is 0 Å². The van der Waals surface area contributed by atoms with Crippen molar-refractivity contribution in [3.8, 4) is 11.3 Å². The maximum absolute atomic E-state index is 6.35. The Morgan fingerprint density at radius 1 is 0.969 bits per heavy atom. The van der Waals surface area contributed by atoms with E-state index in [4.69, 9.17) is 19.7 Å². The van der Waals surface area contributed by atoms with Crippen LogP contribution in [0.15, 0.2) is 52.1 Å². The third-order valence-corrected chi connectivity index (χ3v) is 8.64. The van der Waals surface area contributed by atoms with Crippen molar-refractivity contribution >= 4 is 16.5 Å². The molecule has 0 radical (unpaired) electrons. The Hall–Kier alpha value is -2.62. The predicted octanol–water partition coefficient (Wildman–Crippen LogP) is 6.92. The largest absolute Gasteiger partial charge is 0.388 e. The van der Waals surface area contributed by atoms with Crippen molar-refractivity contribution in [3.05, 3.63) is 53.7 Å². The van der Waals surface area contributed by atoms with Crippen molar-refractivity contribution in [3.63, 3.8) is 0 Å². The Kier molecular flexibility index (Phi) is 4.34. The maximum atomic E-state index is 6.35. The molecule has 2 atom stereocenters. The lowest BCUT2D eigenvalue weighted by molar-refractivity contribution is -0.113. The van der Waals surface area contributed by atoms with Gasteiger partial charge in [0.1, 0.15) is 5.60 Å². The molecule has 2 heterocycles. The zero-order chi connectivity index (χ0) is 22.1. The van der Waals surface area contributed by atoms with Gasteiger partial charge in [-0.25, -0.2) is 0 Å². The lowest BCUT2D eigenvalue weighted by Crippen LogP contribution is -2.48. The van der Waals surface area contributed by atoms with Gasteiger partial charge in [-0.2, -0.15) is 0 Å². The number of oxime groups is 1. The molecular formula is C28H32N2O2. The van der Waals surface area contributed by atoms with E-state index < -0.39 is 0 Å². The fourth-order valence-electron chi connectivity index (χ4n) is 7.18. The van der Waals surface area contributed by atoms with Gasteiger partial charge in [0, 0.05) is 17.0 Å². The van der Waals surface area contributed by atoms with Gasteiger partial charge in [-0.1, -0.05) is 80.5 Å². The Morgan fingerprint density at radius 3 is 2.56 bits per heavy atom. The average Bonchev–Trinajstić information content (AvgIpc) is 3.48. The highest BCUT2D eigenvalue weighted by Crippen LogP contribution is 2.58. The molecule has 1 spiro atoms. The van der Waals surface area contributed by atoms with Crippen LogP contribution in [0.3, 0.4) is 0 Å². The van der Waals surface area contributed by atoms with Crippen molar-refractivity contribution in [2.75, 3.05) is 0 Å². The zero-order valence-electron chi connectivity index (χ0n) is 19.5. The van der Waals surface area contributed by atoms with Crippen molar-refractivity contribution in [1.29, 1.82) is 0 Å². The quantitative estimate of drug-likeness (QED) is 0.455. The minimum absolute atomic E-state index is 0.129. The van der Waals surface area contributed by atoms with Gasteiger partial charge in [0.15, 0.2) is 5.76 Å². The molecule has 2 aliphatic carbocycles. The minimum atomic E-state index is -0.210. The number of hydrogen-bond acceptors (Lipinski definition) is 4. The Labute approximate surface area is 190 Å². The third kappa shape index (κ3) is 2.44. The van der Waals surface area contributed by atoms with Gasteiger partial charge in [-0.3, -0.25) is 0 Å². The molecule has 3 aromatic rings. The van der Waals surface area contributed by atoms with E-state index in [-0.39, 0.29) is 11.0 Å². The third-order valence-electron chi connectivity index (χ3n) is 8.64. The summed E-state index contributed by atoms with van der Waals surface area (Å²) in [6.45, 7) is 9.13. The molecule has 0 N–H and O–H groups in total. The first-order chi connectivity index (χ1) is 15.5. The van der Waals surface area contributed by atoms with E-state index in [1.165, 1.54) is 22.0 Å².